The van der Waals surface area contributed by atoms with Crippen LogP contribution >= 0.6 is 0 Å². The molecule has 0 radical (unpaired) electrons. The molecule has 0 aromatic carbocycles. The SMILES string of the molecule is CCCOCC(=O)c1ccncc1C. The maximum atomic E-state index is 11.6. The molecule has 0 spiro atoms. The van der Waals surface area contributed by atoms with E-state index in [0.29, 0.717) is 12.2 Å². The fraction of sp³-hybridized carbons (Fsp3) is 0.455. The smallest absolute Gasteiger partial charge is 0.188 e. The van der Waals surface area contributed by atoms with Crippen molar-refractivity contribution in [3.8, 4) is 0 Å². The van der Waals surface area contributed by atoms with E-state index in [1.54, 1.807) is 18.5 Å². The quantitative estimate of drug-likeness (QED) is 0.530. The molecule has 1 heterocycles. The number of hydrogen-bond donors (Lipinski definition) is 0. The zero-order chi connectivity index (χ0) is 10.4. The first-order valence-corrected chi connectivity index (χ1v) is 4.77. The number of Topliss-reactive ketones (excluding diaryl/α,β-unsaturated/α-hetero) is 1. The van der Waals surface area contributed by atoms with Gasteiger partial charge in [-0.3, -0.25) is 9.78 Å². The molecule has 3 nitrogen and oxygen atoms in total. The monoisotopic (exact) mass is 193 g/mol. The summed E-state index contributed by atoms with van der Waals surface area (Å²) in [5.74, 6) is 0.0263. The Balaban J connectivity index is 2.56. The Labute approximate surface area is 84.1 Å². The van der Waals surface area contributed by atoms with Crippen LogP contribution in [0, 0.1) is 6.92 Å². The Morgan fingerprint density at radius 3 is 3.00 bits per heavy atom. The lowest BCUT2D eigenvalue weighted by Gasteiger charge is -2.04. The third kappa shape index (κ3) is 2.92. The van der Waals surface area contributed by atoms with E-state index in [0.717, 1.165) is 12.0 Å². The van der Waals surface area contributed by atoms with Crippen molar-refractivity contribution in [1.29, 1.82) is 0 Å². The lowest BCUT2D eigenvalue weighted by molar-refractivity contribution is 0.0760. The molecule has 0 fully saturated rings. The second kappa shape index (κ2) is 5.50. The van der Waals surface area contributed by atoms with Crippen molar-refractivity contribution in [3.63, 3.8) is 0 Å². The molecule has 1 rings (SSSR count). The lowest BCUT2D eigenvalue weighted by atomic mass is 10.1. The summed E-state index contributed by atoms with van der Waals surface area (Å²) in [4.78, 5) is 15.5. The normalized spacial score (nSPS) is 10.1. The van der Waals surface area contributed by atoms with E-state index in [2.05, 4.69) is 4.98 Å². The molecule has 0 atom stereocenters. The highest BCUT2D eigenvalue weighted by Crippen LogP contribution is 2.06. The zero-order valence-corrected chi connectivity index (χ0v) is 8.62. The van der Waals surface area contributed by atoms with Gasteiger partial charge in [0, 0.05) is 24.6 Å². The van der Waals surface area contributed by atoms with E-state index >= 15 is 0 Å². The van der Waals surface area contributed by atoms with Gasteiger partial charge >= 0.3 is 0 Å². The van der Waals surface area contributed by atoms with Crippen molar-refractivity contribution in [2.24, 2.45) is 0 Å². The van der Waals surface area contributed by atoms with Crippen LogP contribution in [0.5, 0.6) is 0 Å². The number of aromatic nitrogens is 1. The van der Waals surface area contributed by atoms with Gasteiger partial charge in [0.2, 0.25) is 0 Å². The molecule has 3 heteroatoms. The third-order valence-electron chi connectivity index (χ3n) is 1.90. The Bertz CT molecular complexity index is 310. The molecule has 0 N–H and O–H groups in total. The molecule has 1 aromatic rings. The molecule has 0 saturated carbocycles. The average Bonchev–Trinajstić information content (AvgIpc) is 2.18. The molecular formula is C11H15NO2. The Morgan fingerprint density at radius 1 is 1.57 bits per heavy atom. The number of ether oxygens (including phenoxy) is 1. The first-order valence-electron chi connectivity index (χ1n) is 4.77. The van der Waals surface area contributed by atoms with Crippen molar-refractivity contribution in [2.45, 2.75) is 20.3 Å². The van der Waals surface area contributed by atoms with Crippen LogP contribution in [0.15, 0.2) is 18.5 Å². The highest BCUT2D eigenvalue weighted by molar-refractivity contribution is 5.98. The summed E-state index contributed by atoms with van der Waals surface area (Å²) in [6, 6.07) is 1.73. The minimum Gasteiger partial charge on any atom is -0.373 e. The van der Waals surface area contributed by atoms with Crippen LogP contribution in [-0.4, -0.2) is 24.0 Å². The third-order valence-corrected chi connectivity index (χ3v) is 1.90. The van der Waals surface area contributed by atoms with Gasteiger partial charge in [-0.15, -0.1) is 0 Å². The Hall–Kier alpha value is -1.22. The zero-order valence-electron chi connectivity index (χ0n) is 8.62. The van der Waals surface area contributed by atoms with Crippen LogP contribution in [0.1, 0.15) is 29.3 Å². The van der Waals surface area contributed by atoms with Gasteiger partial charge in [0.1, 0.15) is 6.61 Å². The number of carbonyl (C=O) groups excluding carboxylic acids is 1. The molecule has 0 bridgehead atoms. The molecule has 76 valence electrons. The second-order valence-corrected chi connectivity index (χ2v) is 3.17. The van der Waals surface area contributed by atoms with E-state index in [9.17, 15) is 4.79 Å². The van der Waals surface area contributed by atoms with Crippen LogP contribution in [0.3, 0.4) is 0 Å². The highest BCUT2D eigenvalue weighted by Gasteiger charge is 2.07. The van der Waals surface area contributed by atoms with Crippen LogP contribution in [0.2, 0.25) is 0 Å². The molecule has 0 amide bonds. The Kier molecular flexibility index (Phi) is 4.26. The van der Waals surface area contributed by atoms with Gasteiger partial charge in [0.25, 0.3) is 0 Å². The van der Waals surface area contributed by atoms with E-state index in [-0.39, 0.29) is 12.4 Å². The van der Waals surface area contributed by atoms with E-state index in [1.165, 1.54) is 0 Å². The van der Waals surface area contributed by atoms with Gasteiger partial charge in [-0.25, -0.2) is 0 Å². The predicted molar refractivity (Wildman–Crippen MR) is 54.4 cm³/mol. The summed E-state index contributed by atoms with van der Waals surface area (Å²) < 4.78 is 5.18. The number of rotatable bonds is 5. The number of hydrogen-bond acceptors (Lipinski definition) is 3. The topological polar surface area (TPSA) is 39.2 Å². The molecule has 14 heavy (non-hydrogen) atoms. The summed E-state index contributed by atoms with van der Waals surface area (Å²) in [7, 11) is 0. The average molecular weight is 193 g/mol. The largest absolute Gasteiger partial charge is 0.373 e. The predicted octanol–water partition coefficient (Wildman–Crippen LogP) is 2.00. The number of nitrogens with zero attached hydrogens (tertiary/aromatic N) is 1. The minimum absolute atomic E-state index is 0.0263. The molecule has 0 aliphatic heterocycles. The summed E-state index contributed by atoms with van der Waals surface area (Å²) >= 11 is 0. The van der Waals surface area contributed by atoms with Gasteiger partial charge in [-0.1, -0.05) is 6.92 Å². The molecule has 0 aliphatic carbocycles. The molecule has 0 aliphatic rings. The highest BCUT2D eigenvalue weighted by atomic mass is 16.5. The van der Waals surface area contributed by atoms with E-state index in [1.807, 2.05) is 13.8 Å². The molecule has 1 aromatic heterocycles. The van der Waals surface area contributed by atoms with Crippen molar-refractivity contribution >= 4 is 5.78 Å². The molecular weight excluding hydrogens is 178 g/mol. The number of aryl methyl sites for hydroxylation is 1. The maximum Gasteiger partial charge on any atom is 0.188 e. The van der Waals surface area contributed by atoms with Crippen molar-refractivity contribution in [1.82, 2.24) is 4.98 Å². The molecule has 0 saturated heterocycles. The van der Waals surface area contributed by atoms with Crippen LogP contribution in [-0.2, 0) is 4.74 Å². The summed E-state index contributed by atoms with van der Waals surface area (Å²) in [6.45, 7) is 4.69. The summed E-state index contributed by atoms with van der Waals surface area (Å²) in [6.07, 6.45) is 4.25. The van der Waals surface area contributed by atoms with Crippen LogP contribution < -0.4 is 0 Å². The van der Waals surface area contributed by atoms with Crippen LogP contribution in [0.25, 0.3) is 0 Å². The standard InChI is InChI=1S/C11H15NO2/c1-3-6-14-8-11(13)10-4-5-12-7-9(10)2/h4-5,7H,3,6,8H2,1-2H3. The summed E-state index contributed by atoms with van der Waals surface area (Å²) in [5.41, 5.74) is 1.61. The van der Waals surface area contributed by atoms with Gasteiger partial charge in [-0.05, 0) is 25.0 Å². The fourth-order valence-electron chi connectivity index (χ4n) is 1.17. The van der Waals surface area contributed by atoms with Crippen molar-refractivity contribution in [2.75, 3.05) is 13.2 Å². The van der Waals surface area contributed by atoms with Gasteiger partial charge < -0.3 is 4.74 Å². The van der Waals surface area contributed by atoms with Crippen molar-refractivity contribution in [3.05, 3.63) is 29.6 Å². The summed E-state index contributed by atoms with van der Waals surface area (Å²) in [5, 5.41) is 0. The lowest BCUT2D eigenvalue weighted by Crippen LogP contribution is -2.11. The van der Waals surface area contributed by atoms with Gasteiger partial charge in [0.05, 0.1) is 0 Å². The second-order valence-electron chi connectivity index (χ2n) is 3.17. The van der Waals surface area contributed by atoms with Gasteiger partial charge in [-0.2, -0.15) is 0 Å². The van der Waals surface area contributed by atoms with Crippen LogP contribution in [0.4, 0.5) is 0 Å². The Morgan fingerprint density at radius 2 is 2.36 bits per heavy atom. The molecule has 0 unspecified atom stereocenters. The maximum absolute atomic E-state index is 11.6. The number of pyridine rings is 1. The van der Waals surface area contributed by atoms with E-state index in [4.69, 9.17) is 4.74 Å². The number of carbonyl (C=O) groups is 1. The fourth-order valence-corrected chi connectivity index (χ4v) is 1.17. The first kappa shape index (κ1) is 10.9. The van der Waals surface area contributed by atoms with Gasteiger partial charge in [0.15, 0.2) is 5.78 Å². The first-order chi connectivity index (χ1) is 6.75. The van der Waals surface area contributed by atoms with E-state index < -0.39 is 0 Å². The number of ketones is 1. The minimum atomic E-state index is 0.0263. The van der Waals surface area contributed by atoms with Crippen molar-refractivity contribution < 1.29 is 9.53 Å².